The number of fused-ring (bicyclic) bond motifs is 6. The molecule has 3 aliphatic rings. The molecule has 3 heterocycles. The average Bonchev–Trinajstić information content (AvgIpc) is 3.54. The molecule has 0 radical (unpaired) electrons. The first-order valence-corrected chi connectivity index (χ1v) is 14.6. The molecule has 1 aromatic heterocycles. The highest BCUT2D eigenvalue weighted by Gasteiger charge is 2.46. The number of hydrogen-bond acceptors (Lipinski definition) is 8. The lowest BCUT2D eigenvalue weighted by molar-refractivity contribution is -0.303. The van der Waals surface area contributed by atoms with Crippen LogP contribution in [-0.2, 0) is 27.5 Å². The van der Waals surface area contributed by atoms with E-state index in [2.05, 4.69) is 14.9 Å². The fourth-order valence-corrected chi connectivity index (χ4v) is 5.84. The van der Waals surface area contributed by atoms with Gasteiger partial charge in [-0.15, -0.1) is 13.2 Å². The minimum Gasteiger partial charge on any atom is -0.406 e. The molecule has 6 rings (SSSR count). The molecule has 1 aliphatic carbocycles. The van der Waals surface area contributed by atoms with Crippen LogP contribution in [0.1, 0.15) is 12.1 Å². The van der Waals surface area contributed by atoms with Gasteiger partial charge in [-0.1, -0.05) is 24.3 Å². The van der Waals surface area contributed by atoms with Gasteiger partial charge in [0.15, 0.2) is 15.5 Å². The summed E-state index contributed by atoms with van der Waals surface area (Å²) in [6, 6.07) is 11.5. The van der Waals surface area contributed by atoms with Crippen molar-refractivity contribution in [2.75, 3.05) is 23.0 Å². The molecule has 43 heavy (non-hydrogen) atoms. The number of hydrazone groups is 1. The molecule has 2 aliphatic heterocycles. The van der Waals surface area contributed by atoms with Crippen molar-refractivity contribution in [3.63, 3.8) is 0 Å². The second kappa shape index (κ2) is 9.77. The van der Waals surface area contributed by atoms with Crippen LogP contribution >= 0.6 is 0 Å². The number of halogens is 5. The van der Waals surface area contributed by atoms with Crippen LogP contribution < -0.4 is 10.1 Å². The maximum atomic E-state index is 15.0. The van der Waals surface area contributed by atoms with Crippen LogP contribution in [-0.4, -0.2) is 48.7 Å². The fourth-order valence-electron chi connectivity index (χ4n) is 5.17. The first kappa shape index (κ1) is 28.6. The van der Waals surface area contributed by atoms with Crippen LogP contribution in [0.2, 0.25) is 0 Å². The number of allylic oxidation sites excluding steroid dienone is 5. The van der Waals surface area contributed by atoms with Gasteiger partial charge < -0.3 is 9.84 Å². The lowest BCUT2D eigenvalue weighted by Gasteiger charge is -2.37. The van der Waals surface area contributed by atoms with Gasteiger partial charge in [-0.25, -0.2) is 13.4 Å². The van der Waals surface area contributed by atoms with Crippen molar-refractivity contribution in [3.05, 3.63) is 83.4 Å². The zero-order valence-electron chi connectivity index (χ0n) is 22.5. The summed E-state index contributed by atoms with van der Waals surface area (Å²) in [6.07, 6.45) is 1.45. The highest BCUT2D eigenvalue weighted by atomic mass is 32.2. The van der Waals surface area contributed by atoms with E-state index in [-0.39, 0.29) is 22.7 Å². The van der Waals surface area contributed by atoms with Crippen LogP contribution in [0.15, 0.2) is 87.7 Å². The maximum absolute atomic E-state index is 15.0. The van der Waals surface area contributed by atoms with Crippen LogP contribution in [0.5, 0.6) is 0 Å². The van der Waals surface area contributed by atoms with Crippen molar-refractivity contribution < 1.29 is 40.2 Å². The van der Waals surface area contributed by atoms with Gasteiger partial charge in [-0.2, -0.15) is 24.1 Å². The highest BCUT2D eigenvalue weighted by Crippen LogP contribution is 2.52. The van der Waals surface area contributed by atoms with E-state index in [1.807, 2.05) is 0 Å². The largest absolute Gasteiger partial charge is 0.573 e. The Hall–Kier alpha value is -4.50. The third-order valence-electron chi connectivity index (χ3n) is 7.09. The SMILES string of the molecule is Cn1nc(C(F)(F)CO)c2c1-c1ccc(-c3cccc(S(C)(=O)=O)c3)cc1N1C(=C3C=CC(OC(F)(F)F)=CC3)C=NN21. The molecule has 0 amide bonds. The number of aliphatic hydroxyl groups is 1. The molecule has 0 spiro atoms. The van der Waals surface area contributed by atoms with E-state index in [1.54, 1.807) is 30.3 Å². The Morgan fingerprint density at radius 3 is 2.44 bits per heavy atom. The van der Waals surface area contributed by atoms with Gasteiger partial charge in [0.2, 0.25) is 0 Å². The Balaban J connectivity index is 1.53. The number of alkyl halides is 5. The Bertz CT molecular complexity index is 1890. The number of aromatic nitrogens is 2. The number of anilines is 2. The second-order valence-corrected chi connectivity index (χ2v) is 12.0. The Labute approximate surface area is 242 Å². The van der Waals surface area contributed by atoms with E-state index < -0.39 is 40.2 Å². The number of benzene rings is 2. The number of nitrogens with zero attached hydrogens (tertiary/aromatic N) is 5. The number of aryl methyl sites for hydroxylation is 1. The van der Waals surface area contributed by atoms with E-state index >= 15 is 0 Å². The molecular weight excluding hydrogens is 597 g/mol. The first-order chi connectivity index (χ1) is 20.2. The lowest BCUT2D eigenvalue weighted by Crippen LogP contribution is -2.39. The fraction of sp³-hybridized carbons (Fsp3) is 0.214. The van der Waals surface area contributed by atoms with Gasteiger partial charge in [-0.3, -0.25) is 4.68 Å². The molecule has 2 aromatic carbocycles. The Kier molecular flexibility index (Phi) is 6.50. The van der Waals surface area contributed by atoms with Crippen LogP contribution in [0.25, 0.3) is 22.4 Å². The van der Waals surface area contributed by atoms with E-state index in [0.717, 1.165) is 12.3 Å². The second-order valence-electron chi connectivity index (χ2n) is 10.0. The molecular formula is C28H22F5N5O4S. The van der Waals surface area contributed by atoms with Crippen LogP contribution in [0.4, 0.5) is 33.3 Å². The zero-order valence-corrected chi connectivity index (χ0v) is 23.3. The summed E-state index contributed by atoms with van der Waals surface area (Å²) in [5, 5.41) is 20.6. The van der Waals surface area contributed by atoms with Gasteiger partial charge in [-0.05, 0) is 59.5 Å². The molecule has 0 atom stereocenters. The lowest BCUT2D eigenvalue weighted by atomic mass is 9.97. The first-order valence-electron chi connectivity index (χ1n) is 12.7. The van der Waals surface area contributed by atoms with Gasteiger partial charge in [0.05, 0.1) is 28.2 Å². The summed E-state index contributed by atoms with van der Waals surface area (Å²) >= 11 is 0. The number of aliphatic hydroxyl groups excluding tert-OH is 1. The normalized spacial score (nSPS) is 18.0. The topological polar surface area (TPSA) is 100 Å². The van der Waals surface area contributed by atoms with Crippen molar-refractivity contribution in [1.82, 2.24) is 9.78 Å². The summed E-state index contributed by atoms with van der Waals surface area (Å²) in [4.78, 5) is 0.109. The zero-order chi connectivity index (χ0) is 30.9. The third kappa shape index (κ3) is 4.97. The smallest absolute Gasteiger partial charge is 0.406 e. The third-order valence-corrected chi connectivity index (χ3v) is 8.20. The number of ether oxygens (including phenoxy) is 1. The number of hydrazine groups is 1. The molecule has 0 bridgehead atoms. The quantitative estimate of drug-likeness (QED) is 0.381. The summed E-state index contributed by atoms with van der Waals surface area (Å²) in [5.41, 5.74) is 2.51. The molecule has 0 saturated carbocycles. The molecule has 0 fully saturated rings. The molecule has 224 valence electrons. The minimum absolute atomic E-state index is 0.0125. The monoisotopic (exact) mass is 619 g/mol. The van der Waals surface area contributed by atoms with Crippen molar-refractivity contribution in [1.29, 1.82) is 0 Å². The molecule has 0 saturated heterocycles. The Morgan fingerprint density at radius 1 is 1.05 bits per heavy atom. The summed E-state index contributed by atoms with van der Waals surface area (Å²) in [5.74, 6) is -4.11. The van der Waals surface area contributed by atoms with Crippen molar-refractivity contribution in [3.8, 4) is 22.4 Å². The van der Waals surface area contributed by atoms with E-state index in [4.69, 9.17) is 0 Å². The van der Waals surface area contributed by atoms with E-state index in [1.165, 1.54) is 52.4 Å². The molecule has 3 aromatic rings. The average molecular weight is 620 g/mol. The molecule has 9 nitrogen and oxygen atoms in total. The summed E-state index contributed by atoms with van der Waals surface area (Å²) in [7, 11) is -2.03. The molecule has 1 N–H and O–H groups in total. The van der Waals surface area contributed by atoms with Gasteiger partial charge >= 0.3 is 12.3 Å². The maximum Gasteiger partial charge on any atom is 0.573 e. The minimum atomic E-state index is -4.87. The van der Waals surface area contributed by atoms with E-state index in [9.17, 15) is 35.5 Å². The predicted octanol–water partition coefficient (Wildman–Crippen LogP) is 5.42. The van der Waals surface area contributed by atoms with Gasteiger partial charge in [0.1, 0.15) is 18.1 Å². The summed E-state index contributed by atoms with van der Waals surface area (Å²) in [6.45, 7) is -1.50. The Morgan fingerprint density at radius 2 is 1.79 bits per heavy atom. The molecule has 0 unspecified atom stereocenters. The van der Waals surface area contributed by atoms with E-state index in [0.29, 0.717) is 33.6 Å². The summed E-state index contributed by atoms with van der Waals surface area (Å²) < 4.78 is 97.8. The van der Waals surface area contributed by atoms with Crippen LogP contribution in [0.3, 0.4) is 0 Å². The van der Waals surface area contributed by atoms with Crippen molar-refractivity contribution in [2.24, 2.45) is 12.1 Å². The number of rotatable bonds is 5. The standard InChI is InChI=1S/C28H22F5N5O4S/c1-36-24-21-11-8-18(17-4-3-5-20(12-17)43(2,40)41)13-22(21)37-23(16-6-9-19(10-7-16)42-28(31,32)33)14-34-38(37)25(24)26(35-36)27(29,30)15-39/h3-6,8-14,39H,7,15H2,1-2H3. The predicted molar refractivity (Wildman–Crippen MR) is 148 cm³/mol. The van der Waals surface area contributed by atoms with Gasteiger partial charge in [0, 0.05) is 18.9 Å². The number of hydrogen-bond donors (Lipinski definition) is 1. The van der Waals surface area contributed by atoms with Crippen LogP contribution in [0, 0.1) is 0 Å². The molecule has 15 heteroatoms. The number of sulfone groups is 1. The van der Waals surface area contributed by atoms with Crippen molar-refractivity contribution >= 4 is 27.4 Å². The van der Waals surface area contributed by atoms with Gasteiger partial charge in [0.25, 0.3) is 0 Å². The van der Waals surface area contributed by atoms with Crippen molar-refractivity contribution in [2.45, 2.75) is 23.6 Å². The highest BCUT2D eigenvalue weighted by molar-refractivity contribution is 7.90.